The maximum Gasteiger partial charge on any atom is 0.135 e. The first-order valence-corrected chi connectivity index (χ1v) is 6.21. The quantitative estimate of drug-likeness (QED) is 0.828. The van der Waals surface area contributed by atoms with Crippen molar-refractivity contribution in [2.45, 2.75) is 38.6 Å². The van der Waals surface area contributed by atoms with Gasteiger partial charge in [-0.3, -0.25) is 9.48 Å². The molecule has 1 aromatic heterocycles. The zero-order valence-corrected chi connectivity index (χ0v) is 10.4. The van der Waals surface area contributed by atoms with Crippen LogP contribution in [0, 0.1) is 5.92 Å². The summed E-state index contributed by atoms with van der Waals surface area (Å²) in [6.07, 6.45) is 7.27. The van der Waals surface area contributed by atoms with Crippen molar-refractivity contribution in [3.63, 3.8) is 0 Å². The number of halogens is 1. The SMILES string of the molecule is CCC1CCC(=O)CC1n1cc(Br)cn1. The summed E-state index contributed by atoms with van der Waals surface area (Å²) in [6.45, 7) is 2.19. The number of hydrogen-bond donors (Lipinski definition) is 0. The predicted octanol–water partition coefficient (Wildman–Crippen LogP) is 2.97. The molecule has 0 aromatic carbocycles. The molecular weight excluding hydrogens is 256 g/mol. The maximum atomic E-state index is 11.5. The van der Waals surface area contributed by atoms with Crippen LogP contribution in [-0.4, -0.2) is 15.6 Å². The molecule has 3 nitrogen and oxygen atoms in total. The molecule has 0 radical (unpaired) electrons. The van der Waals surface area contributed by atoms with Crippen LogP contribution in [0.4, 0.5) is 0 Å². The number of rotatable bonds is 2. The summed E-state index contributed by atoms with van der Waals surface area (Å²) in [5, 5.41) is 4.29. The summed E-state index contributed by atoms with van der Waals surface area (Å²) >= 11 is 3.39. The summed E-state index contributed by atoms with van der Waals surface area (Å²) in [5.41, 5.74) is 0. The van der Waals surface area contributed by atoms with Gasteiger partial charge in [0.25, 0.3) is 0 Å². The normalized spacial score (nSPS) is 26.9. The third-order valence-corrected chi connectivity index (χ3v) is 3.62. The molecule has 1 aliphatic rings. The van der Waals surface area contributed by atoms with E-state index in [1.165, 1.54) is 0 Å². The molecule has 4 heteroatoms. The largest absolute Gasteiger partial charge is 0.300 e. The summed E-state index contributed by atoms with van der Waals surface area (Å²) < 4.78 is 2.92. The predicted molar refractivity (Wildman–Crippen MR) is 61.6 cm³/mol. The second kappa shape index (κ2) is 4.47. The molecular formula is C11H15BrN2O. The fourth-order valence-electron chi connectivity index (χ4n) is 2.32. The average Bonchev–Trinajstić information content (AvgIpc) is 2.65. The topological polar surface area (TPSA) is 34.9 Å². The smallest absolute Gasteiger partial charge is 0.135 e. The highest BCUT2D eigenvalue weighted by molar-refractivity contribution is 9.10. The van der Waals surface area contributed by atoms with Gasteiger partial charge in [0.1, 0.15) is 5.78 Å². The van der Waals surface area contributed by atoms with E-state index in [2.05, 4.69) is 28.0 Å². The first kappa shape index (κ1) is 10.9. The van der Waals surface area contributed by atoms with Gasteiger partial charge in [0, 0.05) is 19.0 Å². The minimum Gasteiger partial charge on any atom is -0.300 e. The molecule has 1 aromatic rings. The number of Topliss-reactive ketones (excluding diaryl/α,β-unsaturated/α-hetero) is 1. The van der Waals surface area contributed by atoms with Gasteiger partial charge >= 0.3 is 0 Å². The van der Waals surface area contributed by atoms with Crippen LogP contribution in [0.25, 0.3) is 0 Å². The highest BCUT2D eigenvalue weighted by Gasteiger charge is 2.29. The number of carbonyl (C=O) groups excluding carboxylic acids is 1. The third kappa shape index (κ3) is 2.30. The van der Waals surface area contributed by atoms with Gasteiger partial charge in [-0.05, 0) is 28.3 Å². The van der Waals surface area contributed by atoms with Crippen molar-refractivity contribution in [3.8, 4) is 0 Å². The lowest BCUT2D eigenvalue weighted by molar-refractivity contribution is -0.122. The minimum absolute atomic E-state index is 0.266. The number of hydrogen-bond acceptors (Lipinski definition) is 2. The number of nitrogens with zero attached hydrogens (tertiary/aromatic N) is 2. The number of aromatic nitrogens is 2. The summed E-state index contributed by atoms with van der Waals surface area (Å²) in [4.78, 5) is 11.5. The molecule has 1 heterocycles. The summed E-state index contributed by atoms with van der Waals surface area (Å²) in [7, 11) is 0. The molecule has 0 N–H and O–H groups in total. The molecule has 0 bridgehead atoms. The fourth-order valence-corrected chi connectivity index (χ4v) is 2.62. The van der Waals surface area contributed by atoms with Crippen molar-refractivity contribution < 1.29 is 4.79 Å². The van der Waals surface area contributed by atoms with Crippen LogP contribution in [-0.2, 0) is 4.79 Å². The van der Waals surface area contributed by atoms with Gasteiger partial charge in [-0.25, -0.2) is 0 Å². The van der Waals surface area contributed by atoms with Crippen LogP contribution in [0.2, 0.25) is 0 Å². The van der Waals surface area contributed by atoms with Gasteiger partial charge in [-0.15, -0.1) is 0 Å². The van der Waals surface area contributed by atoms with Gasteiger partial charge < -0.3 is 0 Å². The summed E-state index contributed by atoms with van der Waals surface area (Å²) in [6, 6.07) is 0.266. The molecule has 2 rings (SSSR count). The van der Waals surface area contributed by atoms with E-state index in [0.29, 0.717) is 18.1 Å². The number of carbonyl (C=O) groups is 1. The van der Waals surface area contributed by atoms with E-state index in [-0.39, 0.29) is 6.04 Å². The van der Waals surface area contributed by atoms with Crippen molar-refractivity contribution in [1.82, 2.24) is 9.78 Å². The van der Waals surface area contributed by atoms with Crippen LogP contribution in [0.5, 0.6) is 0 Å². The standard InChI is InChI=1S/C11H15BrN2O/c1-2-8-3-4-10(15)5-11(8)14-7-9(12)6-13-14/h6-8,11H,2-5H2,1H3. The molecule has 0 aliphatic heterocycles. The van der Waals surface area contributed by atoms with Crippen molar-refractivity contribution in [3.05, 3.63) is 16.9 Å². The van der Waals surface area contributed by atoms with E-state index in [1.54, 1.807) is 6.20 Å². The molecule has 0 spiro atoms. The van der Waals surface area contributed by atoms with E-state index >= 15 is 0 Å². The molecule has 2 unspecified atom stereocenters. The Bertz CT molecular complexity index is 361. The Morgan fingerprint density at radius 1 is 1.67 bits per heavy atom. The highest BCUT2D eigenvalue weighted by atomic mass is 79.9. The van der Waals surface area contributed by atoms with E-state index in [4.69, 9.17) is 0 Å². The Morgan fingerprint density at radius 2 is 2.47 bits per heavy atom. The first-order valence-electron chi connectivity index (χ1n) is 5.42. The Kier molecular flexibility index (Phi) is 3.24. The Morgan fingerprint density at radius 3 is 3.07 bits per heavy atom. The number of ketones is 1. The van der Waals surface area contributed by atoms with Crippen LogP contribution in [0.1, 0.15) is 38.6 Å². The van der Waals surface area contributed by atoms with Crippen molar-refractivity contribution >= 4 is 21.7 Å². The van der Waals surface area contributed by atoms with E-state index in [9.17, 15) is 4.79 Å². The van der Waals surface area contributed by atoms with Crippen LogP contribution < -0.4 is 0 Å². The minimum atomic E-state index is 0.266. The zero-order valence-electron chi connectivity index (χ0n) is 8.82. The molecule has 2 atom stereocenters. The lowest BCUT2D eigenvalue weighted by Crippen LogP contribution is -2.27. The monoisotopic (exact) mass is 270 g/mol. The fraction of sp³-hybridized carbons (Fsp3) is 0.636. The van der Waals surface area contributed by atoms with Gasteiger partial charge in [0.15, 0.2) is 0 Å². The second-order valence-corrected chi connectivity index (χ2v) is 5.07. The third-order valence-electron chi connectivity index (χ3n) is 3.21. The molecule has 82 valence electrons. The van der Waals surface area contributed by atoms with Crippen LogP contribution >= 0.6 is 15.9 Å². The molecule has 1 fully saturated rings. The van der Waals surface area contributed by atoms with E-state index in [0.717, 1.165) is 23.7 Å². The zero-order chi connectivity index (χ0) is 10.8. The van der Waals surface area contributed by atoms with Gasteiger partial charge in [-0.2, -0.15) is 5.10 Å². The van der Waals surface area contributed by atoms with E-state index in [1.807, 2.05) is 10.9 Å². The summed E-state index contributed by atoms with van der Waals surface area (Å²) in [5.74, 6) is 0.964. The van der Waals surface area contributed by atoms with Crippen molar-refractivity contribution in [2.75, 3.05) is 0 Å². The molecule has 0 saturated heterocycles. The molecule has 1 aliphatic carbocycles. The Labute approximate surface area is 98.0 Å². The van der Waals surface area contributed by atoms with Gasteiger partial charge in [0.2, 0.25) is 0 Å². The van der Waals surface area contributed by atoms with Crippen molar-refractivity contribution in [2.24, 2.45) is 5.92 Å². The van der Waals surface area contributed by atoms with Crippen LogP contribution in [0.15, 0.2) is 16.9 Å². The van der Waals surface area contributed by atoms with Crippen molar-refractivity contribution in [1.29, 1.82) is 0 Å². The van der Waals surface area contributed by atoms with Gasteiger partial charge in [-0.1, -0.05) is 13.3 Å². The maximum absolute atomic E-state index is 11.5. The van der Waals surface area contributed by atoms with Gasteiger partial charge in [0.05, 0.1) is 16.7 Å². The highest BCUT2D eigenvalue weighted by Crippen LogP contribution is 2.34. The Balaban J connectivity index is 2.20. The molecule has 0 amide bonds. The molecule has 1 saturated carbocycles. The Hall–Kier alpha value is -0.640. The van der Waals surface area contributed by atoms with Crippen LogP contribution in [0.3, 0.4) is 0 Å². The van der Waals surface area contributed by atoms with E-state index < -0.39 is 0 Å². The lowest BCUT2D eigenvalue weighted by Gasteiger charge is -2.30. The lowest BCUT2D eigenvalue weighted by atomic mass is 9.82. The molecule has 15 heavy (non-hydrogen) atoms. The average molecular weight is 271 g/mol. The first-order chi connectivity index (χ1) is 7.20. The second-order valence-electron chi connectivity index (χ2n) is 4.16.